The molecule has 1 aliphatic heterocycles. The molecule has 1 aromatic carbocycles. The van der Waals surface area contributed by atoms with Gasteiger partial charge >= 0.3 is 6.03 Å². The normalized spacial score (nSPS) is 19.4. The highest BCUT2D eigenvalue weighted by Gasteiger charge is 2.16. The van der Waals surface area contributed by atoms with E-state index < -0.39 is 0 Å². The van der Waals surface area contributed by atoms with Crippen molar-refractivity contribution in [1.29, 1.82) is 0 Å². The van der Waals surface area contributed by atoms with Gasteiger partial charge in [0.05, 0.1) is 0 Å². The number of likely N-dealkylation sites (tertiary alicyclic amines) is 1. The zero-order valence-corrected chi connectivity index (χ0v) is 15.0. The summed E-state index contributed by atoms with van der Waals surface area (Å²) in [6, 6.07) is 8.46. The molecule has 1 aliphatic rings. The lowest BCUT2D eigenvalue weighted by molar-refractivity contribution is 0.176. The minimum atomic E-state index is -0.209. The number of hydrogen-bond donors (Lipinski definition) is 2. The molecule has 1 fully saturated rings. The van der Waals surface area contributed by atoms with Crippen molar-refractivity contribution in [2.24, 2.45) is 5.92 Å². The second-order valence-electron chi connectivity index (χ2n) is 7.86. The largest absolute Gasteiger partial charge is 0.334 e. The Morgan fingerprint density at radius 3 is 2.48 bits per heavy atom. The van der Waals surface area contributed by atoms with Gasteiger partial charge in [0.15, 0.2) is 0 Å². The number of carbonyl (C=O) groups is 1. The van der Waals surface area contributed by atoms with E-state index in [9.17, 15) is 4.79 Å². The van der Waals surface area contributed by atoms with Gasteiger partial charge in [-0.3, -0.25) is 4.90 Å². The number of benzene rings is 1. The van der Waals surface area contributed by atoms with Crippen LogP contribution in [0.25, 0.3) is 0 Å². The molecule has 4 heteroatoms. The highest BCUT2D eigenvalue weighted by atomic mass is 16.2. The van der Waals surface area contributed by atoms with Crippen LogP contribution in [0.4, 0.5) is 4.79 Å². The maximum absolute atomic E-state index is 11.8. The Balaban J connectivity index is 1.79. The predicted octanol–water partition coefficient (Wildman–Crippen LogP) is 3.52. The molecular formula is C19H31N3O. The van der Waals surface area contributed by atoms with Gasteiger partial charge in [-0.2, -0.15) is 0 Å². The van der Waals surface area contributed by atoms with Gasteiger partial charge in [-0.25, -0.2) is 4.79 Å². The van der Waals surface area contributed by atoms with Gasteiger partial charge in [-0.05, 0) is 57.2 Å². The predicted molar refractivity (Wildman–Crippen MR) is 95.2 cm³/mol. The molecule has 0 radical (unpaired) electrons. The third-order valence-electron chi connectivity index (χ3n) is 4.11. The van der Waals surface area contributed by atoms with E-state index in [1.807, 2.05) is 20.8 Å². The second kappa shape index (κ2) is 7.82. The molecule has 0 spiro atoms. The fraction of sp³-hybridized carbons (Fsp3) is 0.632. The Hall–Kier alpha value is -1.55. The maximum atomic E-state index is 11.8. The van der Waals surface area contributed by atoms with Crippen LogP contribution in [0.5, 0.6) is 0 Å². The van der Waals surface area contributed by atoms with E-state index in [0.717, 1.165) is 18.0 Å². The number of nitrogens with zero attached hydrogens (tertiary/aromatic N) is 1. The molecule has 2 N–H and O–H groups in total. The summed E-state index contributed by atoms with van der Waals surface area (Å²) in [5, 5.41) is 5.80. The lowest BCUT2D eigenvalue weighted by atomic mass is 9.99. The van der Waals surface area contributed by atoms with Gasteiger partial charge in [0.25, 0.3) is 0 Å². The van der Waals surface area contributed by atoms with Crippen LogP contribution in [0, 0.1) is 5.92 Å². The molecule has 128 valence electrons. The Labute approximate surface area is 140 Å². The summed E-state index contributed by atoms with van der Waals surface area (Å²) in [4.78, 5) is 14.3. The van der Waals surface area contributed by atoms with E-state index in [1.54, 1.807) is 0 Å². The van der Waals surface area contributed by atoms with E-state index in [2.05, 4.69) is 46.7 Å². The van der Waals surface area contributed by atoms with Crippen molar-refractivity contribution in [1.82, 2.24) is 15.5 Å². The zero-order valence-electron chi connectivity index (χ0n) is 15.0. The lowest BCUT2D eigenvalue weighted by Crippen LogP contribution is -2.46. The lowest BCUT2D eigenvalue weighted by Gasteiger charge is -2.30. The molecule has 4 nitrogen and oxygen atoms in total. The van der Waals surface area contributed by atoms with Gasteiger partial charge < -0.3 is 10.6 Å². The third-order valence-corrected chi connectivity index (χ3v) is 4.11. The molecule has 0 saturated carbocycles. The number of rotatable bonds is 4. The molecule has 2 rings (SSSR count). The zero-order chi connectivity index (χ0) is 16.9. The monoisotopic (exact) mass is 317 g/mol. The SMILES string of the molecule is CC1CCCN(Cc2ccc(CNC(=O)NC(C)(C)C)cc2)C1. The fourth-order valence-corrected chi connectivity index (χ4v) is 3.02. The topological polar surface area (TPSA) is 44.4 Å². The minimum Gasteiger partial charge on any atom is -0.334 e. The summed E-state index contributed by atoms with van der Waals surface area (Å²) >= 11 is 0. The summed E-state index contributed by atoms with van der Waals surface area (Å²) in [6.45, 7) is 12.3. The van der Waals surface area contributed by atoms with Crippen molar-refractivity contribution in [3.05, 3.63) is 35.4 Å². The highest BCUT2D eigenvalue weighted by molar-refractivity contribution is 5.74. The van der Waals surface area contributed by atoms with Crippen LogP contribution in [-0.2, 0) is 13.1 Å². The molecule has 1 unspecified atom stereocenters. The molecule has 0 bridgehead atoms. The van der Waals surface area contributed by atoms with Gasteiger partial charge in [0.2, 0.25) is 0 Å². The van der Waals surface area contributed by atoms with Crippen molar-refractivity contribution < 1.29 is 4.79 Å². The van der Waals surface area contributed by atoms with Crippen LogP contribution in [-0.4, -0.2) is 29.6 Å². The summed E-state index contributed by atoms with van der Waals surface area (Å²) in [6.07, 6.45) is 2.67. The molecule has 1 atom stereocenters. The standard InChI is InChI=1S/C19H31N3O/c1-15-6-5-11-22(13-15)14-17-9-7-16(8-10-17)12-20-18(23)21-19(2,3)4/h7-10,15H,5-6,11-14H2,1-4H3,(H2,20,21,23). The summed E-state index contributed by atoms with van der Waals surface area (Å²) in [7, 11) is 0. The molecule has 0 aromatic heterocycles. The van der Waals surface area contributed by atoms with Gasteiger partial charge in [0.1, 0.15) is 0 Å². The first-order valence-electron chi connectivity index (χ1n) is 8.68. The van der Waals surface area contributed by atoms with E-state index in [1.165, 1.54) is 31.5 Å². The highest BCUT2D eigenvalue weighted by Crippen LogP contribution is 2.18. The van der Waals surface area contributed by atoms with Crippen molar-refractivity contribution in [2.45, 2.75) is 59.2 Å². The van der Waals surface area contributed by atoms with Crippen LogP contribution >= 0.6 is 0 Å². The molecule has 2 amide bonds. The van der Waals surface area contributed by atoms with E-state index in [0.29, 0.717) is 6.54 Å². The van der Waals surface area contributed by atoms with Crippen LogP contribution in [0.2, 0.25) is 0 Å². The van der Waals surface area contributed by atoms with Crippen LogP contribution in [0.1, 0.15) is 51.7 Å². The van der Waals surface area contributed by atoms with E-state index in [4.69, 9.17) is 0 Å². The van der Waals surface area contributed by atoms with Gasteiger partial charge in [-0.1, -0.05) is 31.2 Å². The number of piperidine rings is 1. The molecule has 1 aromatic rings. The van der Waals surface area contributed by atoms with Crippen molar-refractivity contribution >= 4 is 6.03 Å². The molecule has 0 aliphatic carbocycles. The van der Waals surface area contributed by atoms with Gasteiger partial charge in [0, 0.05) is 25.2 Å². The van der Waals surface area contributed by atoms with E-state index >= 15 is 0 Å². The van der Waals surface area contributed by atoms with Crippen LogP contribution in [0.3, 0.4) is 0 Å². The first-order chi connectivity index (χ1) is 10.8. The number of hydrogen-bond acceptors (Lipinski definition) is 2. The Kier molecular flexibility index (Phi) is 6.05. The number of urea groups is 1. The number of carbonyl (C=O) groups excluding carboxylic acids is 1. The summed E-state index contributed by atoms with van der Waals surface area (Å²) < 4.78 is 0. The van der Waals surface area contributed by atoms with Crippen LogP contribution < -0.4 is 10.6 Å². The first-order valence-corrected chi connectivity index (χ1v) is 8.68. The smallest absolute Gasteiger partial charge is 0.315 e. The Morgan fingerprint density at radius 2 is 1.87 bits per heavy atom. The summed E-state index contributed by atoms with van der Waals surface area (Å²) in [5.74, 6) is 0.813. The average Bonchev–Trinajstić information content (AvgIpc) is 2.45. The van der Waals surface area contributed by atoms with E-state index in [-0.39, 0.29) is 11.6 Å². The van der Waals surface area contributed by atoms with Crippen LogP contribution in [0.15, 0.2) is 24.3 Å². The number of nitrogens with one attached hydrogen (secondary N) is 2. The quantitative estimate of drug-likeness (QED) is 0.892. The summed E-state index contributed by atoms with van der Waals surface area (Å²) in [5.41, 5.74) is 2.27. The van der Waals surface area contributed by atoms with Crippen molar-refractivity contribution in [3.8, 4) is 0 Å². The minimum absolute atomic E-state index is 0.121. The maximum Gasteiger partial charge on any atom is 0.315 e. The average molecular weight is 317 g/mol. The first kappa shape index (κ1) is 17.8. The molecule has 1 heterocycles. The Morgan fingerprint density at radius 1 is 1.22 bits per heavy atom. The molecule has 1 saturated heterocycles. The molecule has 23 heavy (non-hydrogen) atoms. The Bertz CT molecular complexity index is 504. The molecular weight excluding hydrogens is 286 g/mol. The van der Waals surface area contributed by atoms with Crippen molar-refractivity contribution in [2.75, 3.05) is 13.1 Å². The van der Waals surface area contributed by atoms with Crippen molar-refractivity contribution in [3.63, 3.8) is 0 Å². The fourth-order valence-electron chi connectivity index (χ4n) is 3.02. The second-order valence-corrected chi connectivity index (χ2v) is 7.86. The van der Waals surface area contributed by atoms with Gasteiger partial charge in [-0.15, -0.1) is 0 Å². The third kappa shape index (κ3) is 6.61. The number of amides is 2.